The first-order chi connectivity index (χ1) is 8.02. The third-order valence-corrected chi connectivity index (χ3v) is 7.73. The van der Waals surface area contributed by atoms with E-state index in [-0.39, 0.29) is 15.9 Å². The highest BCUT2D eigenvalue weighted by molar-refractivity contribution is 7.86. The molecule has 0 N–H and O–H groups in total. The highest BCUT2D eigenvalue weighted by Crippen LogP contribution is 2.69. The summed E-state index contributed by atoms with van der Waals surface area (Å²) in [6.45, 7) is 4.34. The largest absolute Gasteiger partial charge is 0.354 e. The molecule has 2 aliphatic carbocycles. The topological polar surface area (TPSA) is 26.3 Å². The standard InChI is InChI=1S/C14H20O2S/c1-10-9-13-4-3-11(10)14(13)6-5-12(2,16-14)17(15)8-7-13/h9,11H,3-8H2,1-2H3/t11?,12?,13-,14?,17+/m0/s1. The van der Waals surface area contributed by atoms with Crippen molar-refractivity contribution in [3.8, 4) is 0 Å². The normalized spacial score (nSPS) is 60.0. The van der Waals surface area contributed by atoms with Gasteiger partial charge in [0.15, 0.2) is 0 Å². The van der Waals surface area contributed by atoms with Crippen LogP contribution >= 0.6 is 0 Å². The Balaban J connectivity index is 1.90. The van der Waals surface area contributed by atoms with E-state index in [9.17, 15) is 4.21 Å². The first-order valence-electron chi connectivity index (χ1n) is 6.79. The van der Waals surface area contributed by atoms with Crippen molar-refractivity contribution < 1.29 is 8.95 Å². The van der Waals surface area contributed by atoms with Gasteiger partial charge in [-0.25, -0.2) is 0 Å². The third-order valence-electron chi connectivity index (χ3n) is 5.90. The fourth-order valence-corrected chi connectivity index (χ4v) is 6.63. The molecule has 2 nitrogen and oxygen atoms in total. The van der Waals surface area contributed by atoms with Crippen molar-refractivity contribution in [1.82, 2.24) is 0 Å². The molecule has 1 spiro atoms. The quantitative estimate of drug-likeness (QED) is 0.620. The van der Waals surface area contributed by atoms with Crippen LogP contribution < -0.4 is 0 Å². The lowest BCUT2D eigenvalue weighted by Crippen LogP contribution is -2.44. The number of ether oxygens (including phenoxy) is 1. The smallest absolute Gasteiger partial charge is 0.140 e. The van der Waals surface area contributed by atoms with Gasteiger partial charge >= 0.3 is 0 Å². The molecule has 5 atom stereocenters. The average Bonchev–Trinajstić information content (AvgIpc) is 2.84. The Bertz CT molecular complexity index is 457. The summed E-state index contributed by atoms with van der Waals surface area (Å²) >= 11 is 0. The molecule has 94 valence electrons. The number of hydrogen-bond donors (Lipinski definition) is 0. The van der Waals surface area contributed by atoms with Gasteiger partial charge in [0.25, 0.3) is 0 Å². The Labute approximate surface area is 105 Å². The van der Waals surface area contributed by atoms with Crippen LogP contribution in [0.1, 0.15) is 46.0 Å². The molecular weight excluding hydrogens is 232 g/mol. The molecule has 0 aromatic rings. The van der Waals surface area contributed by atoms with E-state index in [0.29, 0.717) is 5.92 Å². The summed E-state index contributed by atoms with van der Waals surface area (Å²) in [5, 5.41) is 0. The molecule has 2 heterocycles. The van der Waals surface area contributed by atoms with Crippen molar-refractivity contribution in [3.05, 3.63) is 11.6 Å². The Morgan fingerprint density at radius 3 is 2.94 bits per heavy atom. The van der Waals surface area contributed by atoms with E-state index in [4.69, 9.17) is 4.74 Å². The number of hydrogen-bond acceptors (Lipinski definition) is 2. The van der Waals surface area contributed by atoms with Gasteiger partial charge < -0.3 is 4.74 Å². The lowest BCUT2D eigenvalue weighted by Gasteiger charge is -2.39. The Morgan fingerprint density at radius 1 is 1.35 bits per heavy atom. The van der Waals surface area contributed by atoms with E-state index in [1.807, 2.05) is 0 Å². The molecule has 3 fully saturated rings. The van der Waals surface area contributed by atoms with Crippen LogP contribution in [0.4, 0.5) is 0 Å². The maximum absolute atomic E-state index is 12.3. The Kier molecular flexibility index (Phi) is 1.82. The summed E-state index contributed by atoms with van der Waals surface area (Å²) in [6, 6.07) is 0. The lowest BCUT2D eigenvalue weighted by atomic mass is 9.72. The van der Waals surface area contributed by atoms with Gasteiger partial charge in [-0.05, 0) is 46.0 Å². The van der Waals surface area contributed by atoms with Crippen molar-refractivity contribution in [2.24, 2.45) is 11.3 Å². The predicted octanol–water partition coefficient (Wildman–Crippen LogP) is 2.76. The van der Waals surface area contributed by atoms with Gasteiger partial charge in [-0.2, -0.15) is 0 Å². The summed E-state index contributed by atoms with van der Waals surface area (Å²) < 4.78 is 18.9. The van der Waals surface area contributed by atoms with Crippen LogP contribution in [0, 0.1) is 11.3 Å². The number of fused-ring (bicyclic) bond motifs is 1. The molecule has 0 radical (unpaired) electrons. The summed E-state index contributed by atoms with van der Waals surface area (Å²) in [5.41, 5.74) is 1.79. The molecule has 0 amide bonds. The fourth-order valence-electron chi connectivity index (χ4n) is 5.08. The zero-order valence-corrected chi connectivity index (χ0v) is 11.4. The van der Waals surface area contributed by atoms with Crippen LogP contribution in [0.5, 0.6) is 0 Å². The van der Waals surface area contributed by atoms with E-state index in [1.165, 1.54) is 18.4 Å². The van der Waals surface area contributed by atoms with Crippen molar-refractivity contribution in [3.63, 3.8) is 0 Å². The molecule has 17 heavy (non-hydrogen) atoms. The molecular formula is C14H20O2S. The van der Waals surface area contributed by atoms with E-state index < -0.39 is 10.8 Å². The molecule has 0 aromatic carbocycles. The van der Waals surface area contributed by atoms with Crippen LogP contribution in [0.15, 0.2) is 11.6 Å². The van der Waals surface area contributed by atoms with Crippen LogP contribution in [-0.2, 0) is 15.5 Å². The van der Waals surface area contributed by atoms with Crippen LogP contribution in [-0.4, -0.2) is 20.5 Å². The Morgan fingerprint density at radius 2 is 2.18 bits per heavy atom. The van der Waals surface area contributed by atoms with Gasteiger partial charge in [-0.15, -0.1) is 0 Å². The molecule has 3 heteroatoms. The zero-order valence-electron chi connectivity index (χ0n) is 10.6. The summed E-state index contributed by atoms with van der Waals surface area (Å²) in [6.07, 6.45) is 8.19. The molecule has 2 saturated heterocycles. The predicted molar refractivity (Wildman–Crippen MR) is 68.0 cm³/mol. The first-order valence-corrected chi connectivity index (χ1v) is 8.11. The second-order valence-electron chi connectivity index (χ2n) is 6.56. The zero-order chi connectivity index (χ0) is 11.9. The average molecular weight is 252 g/mol. The lowest BCUT2D eigenvalue weighted by molar-refractivity contribution is -0.106. The minimum Gasteiger partial charge on any atom is -0.354 e. The molecule has 4 rings (SSSR count). The van der Waals surface area contributed by atoms with Gasteiger partial charge in [0.1, 0.15) is 4.93 Å². The second-order valence-corrected chi connectivity index (χ2v) is 8.52. The van der Waals surface area contributed by atoms with Crippen LogP contribution in [0.2, 0.25) is 0 Å². The third kappa shape index (κ3) is 1.01. The summed E-state index contributed by atoms with van der Waals surface area (Å²) in [5.74, 6) is 1.44. The minimum atomic E-state index is -0.803. The van der Waals surface area contributed by atoms with Gasteiger partial charge in [0, 0.05) is 17.1 Å². The molecule has 4 bridgehead atoms. The van der Waals surface area contributed by atoms with E-state index in [1.54, 1.807) is 0 Å². The molecule has 3 unspecified atom stereocenters. The van der Waals surface area contributed by atoms with Crippen LogP contribution in [0.3, 0.4) is 0 Å². The molecule has 0 aromatic heterocycles. The molecule has 4 aliphatic rings. The summed E-state index contributed by atoms with van der Waals surface area (Å²) in [7, 11) is -0.803. The van der Waals surface area contributed by atoms with Gasteiger partial charge in [0.05, 0.1) is 16.4 Å². The van der Waals surface area contributed by atoms with Crippen molar-refractivity contribution in [2.45, 2.75) is 56.5 Å². The maximum atomic E-state index is 12.3. The van der Waals surface area contributed by atoms with Gasteiger partial charge in [-0.1, -0.05) is 11.6 Å². The molecule has 2 aliphatic heterocycles. The number of rotatable bonds is 0. The van der Waals surface area contributed by atoms with Gasteiger partial charge in [-0.3, -0.25) is 4.21 Å². The van der Waals surface area contributed by atoms with E-state index in [2.05, 4.69) is 19.9 Å². The van der Waals surface area contributed by atoms with Crippen molar-refractivity contribution in [1.29, 1.82) is 0 Å². The highest BCUT2D eigenvalue weighted by atomic mass is 32.2. The highest BCUT2D eigenvalue weighted by Gasteiger charge is 2.70. The summed E-state index contributed by atoms with van der Waals surface area (Å²) in [4.78, 5) is -0.358. The van der Waals surface area contributed by atoms with E-state index >= 15 is 0 Å². The van der Waals surface area contributed by atoms with Crippen molar-refractivity contribution >= 4 is 10.8 Å². The first kappa shape index (κ1) is 10.7. The van der Waals surface area contributed by atoms with Gasteiger partial charge in [0.2, 0.25) is 0 Å². The SMILES string of the molecule is CC1=C[C@@]23CCC1C21CCC(C)(O1)[S@](=O)CC3. The fraction of sp³-hybridized carbons (Fsp3) is 0.857. The Hall–Kier alpha value is -0.150. The maximum Gasteiger partial charge on any atom is 0.140 e. The second kappa shape index (κ2) is 2.88. The molecule has 1 saturated carbocycles. The van der Waals surface area contributed by atoms with E-state index in [0.717, 1.165) is 25.0 Å². The minimum absolute atomic E-state index is 0.0258. The van der Waals surface area contributed by atoms with Crippen molar-refractivity contribution in [2.75, 3.05) is 5.75 Å². The van der Waals surface area contributed by atoms with Crippen LogP contribution in [0.25, 0.3) is 0 Å². The monoisotopic (exact) mass is 252 g/mol.